The molecule has 0 aromatic rings. The maximum atomic E-state index is 12.8. The van der Waals surface area contributed by atoms with Gasteiger partial charge in [0, 0.05) is 13.0 Å². The highest BCUT2D eigenvalue weighted by Crippen LogP contribution is 2.21. The molecule has 0 saturated carbocycles. The first-order valence-corrected chi connectivity index (χ1v) is 24.6. The van der Waals surface area contributed by atoms with Gasteiger partial charge in [-0.3, -0.25) is 19.2 Å². The monoisotopic (exact) mass is 840 g/mol. The standard InChI is InChI=1S/C42H79NO7.C5H12N2.C2H6/c1-5-9-13-16-19-24-31-38(30-23-15-11-7-3)42(47)49-34-26-21-18-17-20-25-33-48-40(45)36-43-39(44)32-27-35-50-41(46)37(28-12-8-4)29-22-14-10-6-2;1-3-5(6)7-4-2;1-2/h37-38H,5-36H2,1-4H3,(H,43,44);3,7H,4,6H2,1-2H3;1-2H3/b;5-3-;. The van der Waals surface area contributed by atoms with E-state index in [1.807, 2.05) is 33.8 Å². The molecule has 2 atom stereocenters. The molecule has 2 unspecified atom stereocenters. The molecule has 0 rings (SSSR count). The predicted octanol–water partition coefficient (Wildman–Crippen LogP) is 12.4. The lowest BCUT2D eigenvalue weighted by atomic mass is 9.94. The summed E-state index contributed by atoms with van der Waals surface area (Å²) in [7, 11) is 0. The summed E-state index contributed by atoms with van der Waals surface area (Å²) in [6, 6.07) is 0. The molecule has 59 heavy (non-hydrogen) atoms. The number of carbonyl (C=O) groups is 4. The van der Waals surface area contributed by atoms with Crippen LogP contribution in [0.5, 0.6) is 0 Å². The Labute approximate surface area is 364 Å². The van der Waals surface area contributed by atoms with Crippen molar-refractivity contribution in [2.24, 2.45) is 17.6 Å². The van der Waals surface area contributed by atoms with Crippen molar-refractivity contribution in [1.29, 1.82) is 0 Å². The molecule has 0 saturated heterocycles. The Bertz CT molecular complexity index is 975. The van der Waals surface area contributed by atoms with Gasteiger partial charge in [0.25, 0.3) is 0 Å². The van der Waals surface area contributed by atoms with Crippen LogP contribution in [0.1, 0.15) is 235 Å². The Balaban J connectivity index is -0.00000312. The molecule has 0 aliphatic rings. The van der Waals surface area contributed by atoms with E-state index in [1.165, 1.54) is 64.2 Å². The van der Waals surface area contributed by atoms with Crippen LogP contribution in [0.25, 0.3) is 0 Å². The van der Waals surface area contributed by atoms with E-state index in [0.29, 0.717) is 19.6 Å². The van der Waals surface area contributed by atoms with Gasteiger partial charge in [-0.25, -0.2) is 0 Å². The summed E-state index contributed by atoms with van der Waals surface area (Å²) >= 11 is 0. The minimum Gasteiger partial charge on any atom is -0.465 e. The predicted molar refractivity (Wildman–Crippen MR) is 248 cm³/mol. The molecule has 1 amide bonds. The highest BCUT2D eigenvalue weighted by atomic mass is 16.5. The summed E-state index contributed by atoms with van der Waals surface area (Å²) in [5.74, 6) is -0.0525. The van der Waals surface area contributed by atoms with E-state index < -0.39 is 5.97 Å². The number of nitrogens with two attached hydrogens (primary N) is 1. The topological polar surface area (TPSA) is 146 Å². The van der Waals surface area contributed by atoms with E-state index in [1.54, 1.807) is 0 Å². The summed E-state index contributed by atoms with van der Waals surface area (Å²) in [6.45, 7) is 18.5. The van der Waals surface area contributed by atoms with Gasteiger partial charge in [0.1, 0.15) is 6.54 Å². The summed E-state index contributed by atoms with van der Waals surface area (Å²) in [5, 5.41) is 5.53. The van der Waals surface area contributed by atoms with Crippen molar-refractivity contribution in [2.75, 3.05) is 32.9 Å². The van der Waals surface area contributed by atoms with Crippen LogP contribution in [0.2, 0.25) is 0 Å². The fourth-order valence-electron chi connectivity index (χ4n) is 6.54. The summed E-state index contributed by atoms with van der Waals surface area (Å²) < 4.78 is 16.4. The highest BCUT2D eigenvalue weighted by Gasteiger charge is 2.20. The van der Waals surface area contributed by atoms with Crippen LogP contribution in [0.3, 0.4) is 0 Å². The second-order valence-electron chi connectivity index (χ2n) is 15.6. The zero-order chi connectivity index (χ0) is 44.6. The van der Waals surface area contributed by atoms with Gasteiger partial charge in [-0.1, -0.05) is 170 Å². The van der Waals surface area contributed by atoms with Crippen molar-refractivity contribution in [3.05, 3.63) is 11.9 Å². The number of rotatable bonds is 39. The van der Waals surface area contributed by atoms with E-state index in [-0.39, 0.29) is 49.3 Å². The zero-order valence-electron chi connectivity index (χ0n) is 40.0. The van der Waals surface area contributed by atoms with Crippen molar-refractivity contribution in [2.45, 2.75) is 235 Å². The maximum Gasteiger partial charge on any atom is 0.325 e. The van der Waals surface area contributed by atoms with E-state index in [4.69, 9.17) is 19.9 Å². The molecule has 0 bridgehead atoms. The maximum absolute atomic E-state index is 12.8. The molecule has 350 valence electrons. The van der Waals surface area contributed by atoms with Crippen LogP contribution >= 0.6 is 0 Å². The van der Waals surface area contributed by atoms with Gasteiger partial charge in [-0.15, -0.1) is 0 Å². The third-order valence-corrected chi connectivity index (χ3v) is 10.3. The number of amides is 1. The average Bonchev–Trinajstić information content (AvgIpc) is 3.24. The SMILES string of the molecule is C/C=C(/N)NCC.CC.CCCCCCCCC(CCCCCC)C(=O)OCCCCCCCCOC(=O)CNC(=O)CCCOC(=O)C(CCCC)CCCCCC. The number of ether oxygens (including phenoxy) is 3. The normalized spacial score (nSPS) is 11.9. The molecule has 10 heteroatoms. The Morgan fingerprint density at radius 3 is 1.29 bits per heavy atom. The molecular weight excluding hydrogens is 743 g/mol. The summed E-state index contributed by atoms with van der Waals surface area (Å²) in [6.07, 6.45) is 30.8. The van der Waals surface area contributed by atoms with Crippen LogP contribution in [0.4, 0.5) is 0 Å². The number of carbonyl (C=O) groups excluding carboxylic acids is 4. The van der Waals surface area contributed by atoms with Crippen LogP contribution in [0, 0.1) is 11.8 Å². The fourth-order valence-corrected chi connectivity index (χ4v) is 6.54. The highest BCUT2D eigenvalue weighted by molar-refractivity contribution is 5.81. The number of hydrogen-bond donors (Lipinski definition) is 3. The number of esters is 3. The van der Waals surface area contributed by atoms with Gasteiger partial charge in [0.2, 0.25) is 5.91 Å². The van der Waals surface area contributed by atoms with Gasteiger partial charge >= 0.3 is 17.9 Å². The van der Waals surface area contributed by atoms with Gasteiger partial charge in [0.05, 0.1) is 37.5 Å². The minimum atomic E-state index is -0.436. The summed E-state index contributed by atoms with van der Waals surface area (Å²) in [4.78, 5) is 49.5. The second kappa shape index (κ2) is 49.6. The molecule has 0 spiro atoms. The Kier molecular flexibility index (Phi) is 50.9. The van der Waals surface area contributed by atoms with Crippen LogP contribution in [-0.4, -0.2) is 56.7 Å². The lowest BCUT2D eigenvalue weighted by Crippen LogP contribution is -2.30. The van der Waals surface area contributed by atoms with Gasteiger partial charge in [0.15, 0.2) is 0 Å². The van der Waals surface area contributed by atoms with Gasteiger partial charge < -0.3 is 30.6 Å². The van der Waals surface area contributed by atoms with Crippen molar-refractivity contribution < 1.29 is 33.4 Å². The van der Waals surface area contributed by atoms with E-state index in [0.717, 1.165) is 115 Å². The number of unbranched alkanes of at least 4 members (excludes halogenated alkanes) is 17. The zero-order valence-corrected chi connectivity index (χ0v) is 40.0. The van der Waals surface area contributed by atoms with Crippen molar-refractivity contribution in [3.8, 4) is 0 Å². The fraction of sp³-hybridized carbons (Fsp3) is 0.878. The van der Waals surface area contributed by atoms with Crippen LogP contribution < -0.4 is 16.4 Å². The number of hydrogen-bond acceptors (Lipinski definition) is 9. The van der Waals surface area contributed by atoms with E-state index in [9.17, 15) is 19.2 Å². The number of nitrogens with one attached hydrogen (secondary N) is 2. The van der Waals surface area contributed by atoms with Crippen molar-refractivity contribution in [1.82, 2.24) is 10.6 Å². The largest absolute Gasteiger partial charge is 0.465 e. The van der Waals surface area contributed by atoms with Gasteiger partial charge in [-0.2, -0.15) is 0 Å². The minimum absolute atomic E-state index is 0.00762. The molecular formula is C49H97N3O7. The van der Waals surface area contributed by atoms with Crippen molar-refractivity contribution in [3.63, 3.8) is 0 Å². The first kappa shape index (κ1) is 60.5. The molecule has 0 aliphatic carbocycles. The van der Waals surface area contributed by atoms with Crippen LogP contribution in [-0.2, 0) is 33.4 Å². The molecule has 10 nitrogen and oxygen atoms in total. The van der Waals surface area contributed by atoms with Gasteiger partial charge in [-0.05, 0) is 64.9 Å². The lowest BCUT2D eigenvalue weighted by molar-refractivity contribution is -0.150. The Hall–Kier alpha value is -2.78. The van der Waals surface area contributed by atoms with E-state index in [2.05, 4.69) is 38.3 Å². The Morgan fingerprint density at radius 1 is 0.492 bits per heavy atom. The third-order valence-electron chi connectivity index (χ3n) is 10.3. The quantitative estimate of drug-likeness (QED) is 0.0313. The lowest BCUT2D eigenvalue weighted by Gasteiger charge is -2.16. The first-order valence-electron chi connectivity index (χ1n) is 24.6. The molecule has 0 aromatic carbocycles. The molecule has 0 heterocycles. The summed E-state index contributed by atoms with van der Waals surface area (Å²) in [5.41, 5.74) is 5.33. The third kappa shape index (κ3) is 44.6. The second-order valence-corrected chi connectivity index (χ2v) is 15.6. The Morgan fingerprint density at radius 2 is 0.864 bits per heavy atom. The molecule has 0 fully saturated rings. The van der Waals surface area contributed by atoms with E-state index >= 15 is 0 Å². The number of allylic oxidation sites excluding steroid dienone is 1. The van der Waals surface area contributed by atoms with Crippen LogP contribution in [0.15, 0.2) is 11.9 Å². The molecule has 4 N–H and O–H groups in total. The first-order chi connectivity index (χ1) is 28.7. The molecule has 0 aromatic heterocycles. The average molecular weight is 840 g/mol. The molecule has 0 radical (unpaired) electrons. The molecule has 0 aliphatic heterocycles. The smallest absolute Gasteiger partial charge is 0.325 e. The van der Waals surface area contributed by atoms with Crippen molar-refractivity contribution >= 4 is 23.8 Å².